The lowest BCUT2D eigenvalue weighted by atomic mass is 10.0. The van der Waals surface area contributed by atoms with E-state index in [9.17, 15) is 0 Å². The van der Waals surface area contributed by atoms with Crippen molar-refractivity contribution in [3.63, 3.8) is 0 Å². The molecule has 0 saturated heterocycles. The minimum Gasteiger partial charge on any atom is -0.350 e. The van der Waals surface area contributed by atoms with Crippen LogP contribution in [0.5, 0.6) is 0 Å². The fraction of sp³-hybridized carbons (Fsp3) is 0.158. The van der Waals surface area contributed by atoms with Gasteiger partial charge >= 0.3 is 0 Å². The number of alkyl halides is 1. The lowest BCUT2D eigenvalue weighted by molar-refractivity contribution is 0.553. The van der Waals surface area contributed by atoms with E-state index in [2.05, 4.69) is 65.5 Å². The van der Waals surface area contributed by atoms with Gasteiger partial charge in [-0.25, -0.2) is 0 Å². The predicted molar refractivity (Wildman–Crippen MR) is 89.8 cm³/mol. The normalized spacial score (nSPS) is 12.2. The molecule has 0 aliphatic rings. The van der Waals surface area contributed by atoms with Crippen molar-refractivity contribution in [2.75, 3.05) is 5.88 Å². The van der Waals surface area contributed by atoms with Gasteiger partial charge in [0, 0.05) is 18.3 Å². The number of rotatable bonds is 5. The van der Waals surface area contributed by atoms with Crippen molar-refractivity contribution in [1.29, 1.82) is 0 Å². The van der Waals surface area contributed by atoms with Gasteiger partial charge in [-0.15, -0.1) is 11.6 Å². The molecular weight excluding hydrogens is 278 g/mol. The highest BCUT2D eigenvalue weighted by Crippen LogP contribution is 2.22. The van der Waals surface area contributed by atoms with E-state index in [1.165, 1.54) is 16.7 Å². The van der Waals surface area contributed by atoms with Gasteiger partial charge in [-0.2, -0.15) is 0 Å². The molecule has 0 radical (unpaired) electrons. The summed E-state index contributed by atoms with van der Waals surface area (Å²) in [5, 5.41) is 0. The maximum atomic E-state index is 6.12. The van der Waals surface area contributed by atoms with Crippen LogP contribution < -0.4 is 0 Å². The standard InChI is InChI=1S/C19H18ClN/c20-15-19(21-12-4-5-13-21)14-16-8-10-18(11-9-16)17-6-2-1-3-7-17/h1-13,19H,14-15H2/t19-/m1/s1. The van der Waals surface area contributed by atoms with Crippen LogP contribution in [0.25, 0.3) is 11.1 Å². The molecule has 0 aliphatic heterocycles. The zero-order valence-electron chi connectivity index (χ0n) is 11.8. The van der Waals surface area contributed by atoms with Crippen LogP contribution in [0.4, 0.5) is 0 Å². The van der Waals surface area contributed by atoms with Crippen LogP contribution in [0.15, 0.2) is 79.1 Å². The van der Waals surface area contributed by atoms with Crippen molar-refractivity contribution in [2.24, 2.45) is 0 Å². The van der Waals surface area contributed by atoms with Gasteiger partial charge in [-0.3, -0.25) is 0 Å². The molecule has 2 aromatic carbocycles. The van der Waals surface area contributed by atoms with E-state index in [0.29, 0.717) is 11.9 Å². The zero-order valence-corrected chi connectivity index (χ0v) is 12.6. The van der Waals surface area contributed by atoms with Crippen molar-refractivity contribution in [3.05, 3.63) is 84.7 Å². The van der Waals surface area contributed by atoms with Crippen molar-refractivity contribution in [3.8, 4) is 11.1 Å². The summed E-state index contributed by atoms with van der Waals surface area (Å²) in [6.45, 7) is 0. The van der Waals surface area contributed by atoms with Crippen LogP contribution in [-0.2, 0) is 6.42 Å². The molecule has 1 heterocycles. The minimum atomic E-state index is 0.309. The third-order valence-electron chi connectivity index (χ3n) is 3.76. The molecule has 2 heteroatoms. The second-order valence-electron chi connectivity index (χ2n) is 5.21. The first-order chi connectivity index (χ1) is 10.4. The highest BCUT2D eigenvalue weighted by molar-refractivity contribution is 6.18. The molecule has 1 atom stereocenters. The van der Waals surface area contributed by atoms with Crippen molar-refractivity contribution >= 4 is 11.6 Å². The molecule has 21 heavy (non-hydrogen) atoms. The Balaban J connectivity index is 1.75. The molecule has 0 saturated carbocycles. The van der Waals surface area contributed by atoms with Crippen LogP contribution in [0.3, 0.4) is 0 Å². The Kier molecular flexibility index (Phi) is 4.42. The van der Waals surface area contributed by atoms with Gasteiger partial charge in [-0.1, -0.05) is 54.6 Å². The number of aromatic nitrogens is 1. The van der Waals surface area contributed by atoms with E-state index in [-0.39, 0.29) is 0 Å². The molecular formula is C19H18ClN. The first-order valence-electron chi connectivity index (χ1n) is 7.19. The Hall–Kier alpha value is -1.99. The summed E-state index contributed by atoms with van der Waals surface area (Å²) in [5.41, 5.74) is 3.82. The van der Waals surface area contributed by atoms with Crippen LogP contribution in [0.2, 0.25) is 0 Å². The molecule has 1 aromatic heterocycles. The van der Waals surface area contributed by atoms with Crippen molar-refractivity contribution < 1.29 is 0 Å². The van der Waals surface area contributed by atoms with Crippen LogP contribution in [0, 0.1) is 0 Å². The second-order valence-corrected chi connectivity index (χ2v) is 5.51. The molecule has 1 nitrogen and oxygen atoms in total. The number of benzene rings is 2. The number of nitrogens with zero attached hydrogens (tertiary/aromatic N) is 1. The smallest absolute Gasteiger partial charge is 0.0506 e. The van der Waals surface area contributed by atoms with Crippen LogP contribution >= 0.6 is 11.6 Å². The quantitative estimate of drug-likeness (QED) is 0.572. The van der Waals surface area contributed by atoms with Crippen molar-refractivity contribution in [1.82, 2.24) is 4.57 Å². The van der Waals surface area contributed by atoms with Gasteiger partial charge in [0.1, 0.15) is 0 Å². The summed E-state index contributed by atoms with van der Waals surface area (Å²) in [4.78, 5) is 0. The van der Waals surface area contributed by atoms with E-state index in [4.69, 9.17) is 11.6 Å². The van der Waals surface area contributed by atoms with E-state index < -0.39 is 0 Å². The van der Waals surface area contributed by atoms with E-state index >= 15 is 0 Å². The third kappa shape index (κ3) is 3.37. The average Bonchev–Trinajstić information content (AvgIpc) is 3.08. The second kappa shape index (κ2) is 6.64. The predicted octanol–water partition coefficient (Wildman–Crippen LogP) is 5.18. The summed E-state index contributed by atoms with van der Waals surface area (Å²) < 4.78 is 2.18. The lowest BCUT2D eigenvalue weighted by Gasteiger charge is -2.16. The molecule has 3 rings (SSSR count). The SMILES string of the molecule is ClC[C@@H](Cc1ccc(-c2ccccc2)cc1)n1cccc1. The van der Waals surface area contributed by atoms with Gasteiger partial charge in [-0.05, 0) is 35.2 Å². The van der Waals surface area contributed by atoms with E-state index in [1.807, 2.05) is 18.2 Å². The molecule has 0 spiro atoms. The van der Waals surface area contributed by atoms with Crippen molar-refractivity contribution in [2.45, 2.75) is 12.5 Å². The van der Waals surface area contributed by atoms with Crippen LogP contribution in [0.1, 0.15) is 11.6 Å². The molecule has 0 N–H and O–H groups in total. The van der Waals surface area contributed by atoms with Crippen LogP contribution in [-0.4, -0.2) is 10.4 Å². The fourth-order valence-electron chi connectivity index (χ4n) is 2.57. The summed E-state index contributed by atoms with van der Waals surface area (Å²) >= 11 is 6.12. The monoisotopic (exact) mass is 295 g/mol. The third-order valence-corrected chi connectivity index (χ3v) is 4.12. The Morgan fingerprint density at radius 1 is 0.762 bits per heavy atom. The van der Waals surface area contributed by atoms with Gasteiger partial charge in [0.2, 0.25) is 0 Å². The van der Waals surface area contributed by atoms with Gasteiger partial charge in [0.15, 0.2) is 0 Å². The molecule has 0 unspecified atom stereocenters. The van der Waals surface area contributed by atoms with Gasteiger partial charge in [0.25, 0.3) is 0 Å². The molecule has 0 fully saturated rings. The van der Waals surface area contributed by atoms with Gasteiger partial charge < -0.3 is 4.57 Å². The van der Waals surface area contributed by atoms with E-state index in [1.54, 1.807) is 0 Å². The first-order valence-corrected chi connectivity index (χ1v) is 7.73. The number of hydrogen-bond donors (Lipinski definition) is 0. The highest BCUT2D eigenvalue weighted by atomic mass is 35.5. The average molecular weight is 296 g/mol. The molecule has 3 aromatic rings. The Morgan fingerprint density at radius 2 is 1.38 bits per heavy atom. The number of hydrogen-bond acceptors (Lipinski definition) is 0. The fourth-order valence-corrected chi connectivity index (χ4v) is 2.84. The Bertz CT molecular complexity index is 657. The van der Waals surface area contributed by atoms with Gasteiger partial charge in [0.05, 0.1) is 6.04 Å². The topological polar surface area (TPSA) is 4.93 Å². The molecule has 106 valence electrons. The maximum Gasteiger partial charge on any atom is 0.0506 e. The maximum absolute atomic E-state index is 6.12. The Labute approximate surface area is 130 Å². The summed E-state index contributed by atoms with van der Waals surface area (Å²) in [6, 6.07) is 23.6. The largest absolute Gasteiger partial charge is 0.350 e. The Morgan fingerprint density at radius 3 is 2.00 bits per heavy atom. The zero-order chi connectivity index (χ0) is 14.5. The first kappa shape index (κ1) is 14.0. The summed E-state index contributed by atoms with van der Waals surface area (Å²) in [6.07, 6.45) is 5.10. The molecule has 0 aliphatic carbocycles. The van der Waals surface area contributed by atoms with E-state index in [0.717, 1.165) is 6.42 Å². The molecule has 0 bridgehead atoms. The minimum absolute atomic E-state index is 0.309. The molecule has 0 amide bonds. The number of halogens is 1. The summed E-state index contributed by atoms with van der Waals surface area (Å²) in [5.74, 6) is 0.620. The summed E-state index contributed by atoms with van der Waals surface area (Å²) in [7, 11) is 0. The highest BCUT2D eigenvalue weighted by Gasteiger charge is 2.09. The lowest BCUT2D eigenvalue weighted by Crippen LogP contribution is -2.11.